The molecular weight excluding hydrogens is 402 g/mol. The van der Waals surface area contributed by atoms with Crippen molar-refractivity contribution < 1.29 is 4.74 Å². The summed E-state index contributed by atoms with van der Waals surface area (Å²) >= 11 is 3.27. The van der Waals surface area contributed by atoms with Crippen molar-refractivity contribution in [2.75, 3.05) is 0 Å². The Kier molecular flexibility index (Phi) is 6.21. The molecule has 0 radical (unpaired) electrons. The second-order valence-electron chi connectivity index (χ2n) is 6.41. The van der Waals surface area contributed by atoms with Crippen LogP contribution in [0, 0.1) is 6.92 Å². The molecule has 0 amide bonds. The zero-order valence-electron chi connectivity index (χ0n) is 16.3. The number of thiazole rings is 1. The summed E-state index contributed by atoms with van der Waals surface area (Å²) in [6.07, 6.45) is 3.54. The van der Waals surface area contributed by atoms with Crippen LogP contribution in [0.25, 0.3) is 11.4 Å². The van der Waals surface area contributed by atoms with Crippen LogP contribution in [-0.4, -0.2) is 24.7 Å². The van der Waals surface area contributed by atoms with E-state index in [0.717, 1.165) is 45.3 Å². The average Bonchev–Trinajstić information content (AvgIpc) is 3.39. The zero-order valence-corrected chi connectivity index (χ0v) is 17.9. The fourth-order valence-corrected chi connectivity index (χ4v) is 4.50. The minimum Gasteiger partial charge on any atom is -0.486 e. The van der Waals surface area contributed by atoms with E-state index in [1.165, 1.54) is 5.56 Å². The van der Waals surface area contributed by atoms with E-state index >= 15 is 0 Å². The van der Waals surface area contributed by atoms with Crippen molar-refractivity contribution in [1.29, 1.82) is 0 Å². The van der Waals surface area contributed by atoms with Gasteiger partial charge in [0.2, 0.25) is 0 Å². The van der Waals surface area contributed by atoms with E-state index in [1.54, 1.807) is 35.5 Å². The maximum atomic E-state index is 5.82. The molecule has 4 aromatic rings. The molecule has 0 spiro atoms. The lowest BCUT2D eigenvalue weighted by Gasteiger charge is -2.06. The molecule has 0 saturated heterocycles. The Morgan fingerprint density at radius 2 is 1.86 bits per heavy atom. The molecular formula is C21H21N5OS2. The molecule has 3 heterocycles. The minimum atomic E-state index is 0.482. The van der Waals surface area contributed by atoms with E-state index in [-0.39, 0.29) is 0 Å². The number of aryl methyl sites for hydroxylation is 1. The molecule has 0 saturated carbocycles. The highest BCUT2D eigenvalue weighted by molar-refractivity contribution is 7.98. The summed E-state index contributed by atoms with van der Waals surface area (Å²) in [4.78, 5) is 8.76. The third kappa shape index (κ3) is 4.83. The lowest BCUT2D eigenvalue weighted by Crippen LogP contribution is -2.00. The first kappa shape index (κ1) is 19.6. The molecule has 148 valence electrons. The molecule has 0 aliphatic rings. The lowest BCUT2D eigenvalue weighted by atomic mass is 10.2. The van der Waals surface area contributed by atoms with Crippen LogP contribution in [0.3, 0.4) is 0 Å². The third-order valence-electron chi connectivity index (χ3n) is 4.30. The van der Waals surface area contributed by atoms with Gasteiger partial charge in [0.25, 0.3) is 0 Å². The first-order valence-corrected chi connectivity index (χ1v) is 11.2. The van der Waals surface area contributed by atoms with Gasteiger partial charge in [0.05, 0.1) is 5.69 Å². The summed E-state index contributed by atoms with van der Waals surface area (Å²) in [6, 6.07) is 12.0. The fraction of sp³-hybridized carbons (Fsp3) is 0.238. The summed E-state index contributed by atoms with van der Waals surface area (Å²) in [6.45, 7) is 5.45. The van der Waals surface area contributed by atoms with Crippen LogP contribution in [0.1, 0.15) is 23.2 Å². The van der Waals surface area contributed by atoms with Crippen molar-refractivity contribution in [3.05, 3.63) is 70.4 Å². The van der Waals surface area contributed by atoms with Crippen molar-refractivity contribution in [3.63, 3.8) is 0 Å². The molecule has 0 atom stereocenters. The Bertz CT molecular complexity index is 1060. The molecule has 0 N–H and O–H groups in total. The number of aromatic nitrogens is 5. The highest BCUT2D eigenvalue weighted by Gasteiger charge is 2.14. The monoisotopic (exact) mass is 423 g/mol. The lowest BCUT2D eigenvalue weighted by molar-refractivity contribution is 0.305. The van der Waals surface area contributed by atoms with Gasteiger partial charge >= 0.3 is 0 Å². The smallest absolute Gasteiger partial charge is 0.191 e. The van der Waals surface area contributed by atoms with Gasteiger partial charge in [0.1, 0.15) is 17.4 Å². The van der Waals surface area contributed by atoms with Crippen molar-refractivity contribution >= 4 is 23.1 Å². The SMILES string of the molecule is CCn1c(SCc2csc(COc3ccc(C)cc3)n2)nnc1-c1ccncc1. The minimum absolute atomic E-state index is 0.482. The van der Waals surface area contributed by atoms with Gasteiger partial charge in [-0.1, -0.05) is 29.5 Å². The van der Waals surface area contributed by atoms with Crippen LogP contribution in [0.4, 0.5) is 0 Å². The van der Waals surface area contributed by atoms with Gasteiger partial charge in [-0.2, -0.15) is 0 Å². The fourth-order valence-electron chi connectivity index (χ4n) is 2.79. The molecule has 0 unspecified atom stereocenters. The summed E-state index contributed by atoms with van der Waals surface area (Å²) in [5.74, 6) is 2.47. The molecule has 0 aliphatic carbocycles. The number of ether oxygens (including phenoxy) is 1. The summed E-state index contributed by atoms with van der Waals surface area (Å²) < 4.78 is 7.94. The summed E-state index contributed by atoms with van der Waals surface area (Å²) in [5.41, 5.74) is 3.27. The van der Waals surface area contributed by atoms with E-state index in [1.807, 2.05) is 36.4 Å². The standard InChI is InChI=1S/C21H21N5OS2/c1-3-26-20(16-8-10-22-11-9-16)24-25-21(26)29-14-17-13-28-19(23-17)12-27-18-6-4-15(2)5-7-18/h4-11,13H,3,12,14H2,1-2H3. The highest BCUT2D eigenvalue weighted by atomic mass is 32.2. The maximum absolute atomic E-state index is 5.82. The zero-order chi connectivity index (χ0) is 20.1. The molecule has 4 rings (SSSR count). The van der Waals surface area contributed by atoms with Crippen LogP contribution in [-0.2, 0) is 18.9 Å². The predicted octanol–water partition coefficient (Wildman–Crippen LogP) is 5.00. The average molecular weight is 424 g/mol. The Balaban J connectivity index is 1.37. The molecule has 6 nitrogen and oxygen atoms in total. The second kappa shape index (κ2) is 9.19. The van der Waals surface area contributed by atoms with Gasteiger partial charge in [-0.05, 0) is 38.1 Å². The van der Waals surface area contributed by atoms with Gasteiger partial charge in [0, 0.05) is 35.6 Å². The quantitative estimate of drug-likeness (QED) is 0.372. The van der Waals surface area contributed by atoms with Crippen molar-refractivity contribution in [2.24, 2.45) is 0 Å². The summed E-state index contributed by atoms with van der Waals surface area (Å²) in [7, 11) is 0. The van der Waals surface area contributed by atoms with E-state index < -0.39 is 0 Å². The van der Waals surface area contributed by atoms with Crippen LogP contribution in [0.5, 0.6) is 5.75 Å². The van der Waals surface area contributed by atoms with Crippen molar-refractivity contribution in [1.82, 2.24) is 24.7 Å². The normalized spacial score (nSPS) is 11.0. The van der Waals surface area contributed by atoms with E-state index in [2.05, 4.69) is 44.0 Å². The summed E-state index contributed by atoms with van der Waals surface area (Å²) in [5, 5.41) is 12.7. The number of rotatable bonds is 8. The first-order valence-electron chi connectivity index (χ1n) is 9.32. The number of hydrogen-bond donors (Lipinski definition) is 0. The Labute approximate surface area is 178 Å². The first-order chi connectivity index (χ1) is 14.2. The number of hydrogen-bond acceptors (Lipinski definition) is 7. The van der Waals surface area contributed by atoms with Gasteiger partial charge < -0.3 is 9.30 Å². The van der Waals surface area contributed by atoms with E-state index in [0.29, 0.717) is 6.61 Å². The number of nitrogens with zero attached hydrogens (tertiary/aromatic N) is 5. The largest absolute Gasteiger partial charge is 0.486 e. The van der Waals surface area contributed by atoms with Gasteiger partial charge in [0.15, 0.2) is 11.0 Å². The molecule has 1 aromatic carbocycles. The molecule has 0 bridgehead atoms. The van der Waals surface area contributed by atoms with Crippen molar-refractivity contribution in [3.8, 4) is 17.1 Å². The van der Waals surface area contributed by atoms with Crippen LogP contribution >= 0.6 is 23.1 Å². The Morgan fingerprint density at radius 3 is 2.62 bits per heavy atom. The van der Waals surface area contributed by atoms with Gasteiger partial charge in [-0.25, -0.2) is 4.98 Å². The van der Waals surface area contributed by atoms with Crippen LogP contribution < -0.4 is 4.74 Å². The van der Waals surface area contributed by atoms with Crippen LogP contribution in [0.2, 0.25) is 0 Å². The molecule has 3 aromatic heterocycles. The third-order valence-corrected chi connectivity index (χ3v) is 6.17. The molecule has 0 aliphatic heterocycles. The predicted molar refractivity (Wildman–Crippen MR) is 116 cm³/mol. The number of pyridine rings is 1. The molecule has 0 fully saturated rings. The van der Waals surface area contributed by atoms with E-state index in [4.69, 9.17) is 4.74 Å². The van der Waals surface area contributed by atoms with Crippen LogP contribution in [0.15, 0.2) is 59.3 Å². The topological polar surface area (TPSA) is 65.7 Å². The number of benzene rings is 1. The second-order valence-corrected chi connectivity index (χ2v) is 8.29. The number of thioether (sulfide) groups is 1. The van der Waals surface area contributed by atoms with Gasteiger partial charge in [-0.3, -0.25) is 4.98 Å². The molecule has 29 heavy (non-hydrogen) atoms. The van der Waals surface area contributed by atoms with E-state index in [9.17, 15) is 0 Å². The van der Waals surface area contributed by atoms with Crippen molar-refractivity contribution in [2.45, 2.75) is 37.9 Å². The maximum Gasteiger partial charge on any atom is 0.191 e. The Hall–Kier alpha value is -2.71. The Morgan fingerprint density at radius 1 is 1.07 bits per heavy atom. The molecule has 8 heteroatoms. The van der Waals surface area contributed by atoms with Gasteiger partial charge in [-0.15, -0.1) is 21.5 Å². The highest BCUT2D eigenvalue weighted by Crippen LogP contribution is 2.27.